The molecule has 0 bridgehead atoms. The molecule has 14 heteroatoms. The number of hydrogen-bond acceptors (Lipinski definition) is 14. The van der Waals surface area contributed by atoms with Crippen LogP contribution in [0.1, 0.15) is 45.8 Å². The Morgan fingerprint density at radius 2 is 0.928 bits per heavy atom. The summed E-state index contributed by atoms with van der Waals surface area (Å²) in [6.45, 7) is -0.0768. The molecule has 3 aliphatic heterocycles. The van der Waals surface area contributed by atoms with Crippen molar-refractivity contribution in [3.63, 3.8) is 0 Å². The minimum Gasteiger partial charge on any atom is -0.497 e. The summed E-state index contributed by atoms with van der Waals surface area (Å²) >= 11 is 0. The minimum atomic E-state index is -1.37. The van der Waals surface area contributed by atoms with Crippen LogP contribution in [-0.4, -0.2) is 107 Å². The van der Waals surface area contributed by atoms with Crippen LogP contribution >= 0.6 is 0 Å². The molecule has 2 fully saturated rings. The minimum absolute atomic E-state index is 0.0532. The van der Waals surface area contributed by atoms with E-state index in [1.807, 2.05) is 121 Å². The van der Waals surface area contributed by atoms with E-state index in [1.54, 1.807) is 55.6 Å². The Hall–Kier alpha value is -5.56. The second-order valence-electron chi connectivity index (χ2n) is 17.3. The van der Waals surface area contributed by atoms with Crippen molar-refractivity contribution in [3.8, 4) is 11.5 Å². The number of hydrogen-bond donors (Lipinski definition) is 4. The van der Waals surface area contributed by atoms with Crippen LogP contribution in [0, 0.1) is 0 Å². The molecule has 362 valence electrons. The number of aliphatic hydroxyl groups excluding tert-OH is 4. The Bertz CT molecular complexity index is 2430. The van der Waals surface area contributed by atoms with E-state index in [0.717, 1.165) is 22.3 Å². The molecule has 3 aliphatic rings. The molecule has 12 atom stereocenters. The molecule has 0 aromatic heterocycles. The lowest BCUT2D eigenvalue weighted by Crippen LogP contribution is -2.69. The lowest BCUT2D eigenvalue weighted by molar-refractivity contribution is -0.366. The van der Waals surface area contributed by atoms with Crippen molar-refractivity contribution < 1.29 is 63.1 Å². The van der Waals surface area contributed by atoms with Gasteiger partial charge in [-0.2, -0.15) is 0 Å². The van der Waals surface area contributed by atoms with Gasteiger partial charge in [0, 0.05) is 11.1 Å². The predicted octanol–water partition coefficient (Wildman–Crippen LogP) is 6.60. The van der Waals surface area contributed by atoms with E-state index >= 15 is 0 Å². The summed E-state index contributed by atoms with van der Waals surface area (Å²) in [4.78, 5) is 1.51. The Labute approximate surface area is 402 Å². The average Bonchev–Trinajstić information content (AvgIpc) is 3.64. The van der Waals surface area contributed by atoms with Crippen LogP contribution in [0.25, 0.3) is 0 Å². The van der Waals surface area contributed by atoms with Gasteiger partial charge >= 0.3 is 0 Å². The van der Waals surface area contributed by atoms with Crippen LogP contribution in [0.3, 0.4) is 0 Å². The summed E-state index contributed by atoms with van der Waals surface area (Å²) in [7, 11) is 1.58. The van der Waals surface area contributed by atoms with Crippen LogP contribution in [-0.2, 0) is 59.6 Å². The average molecular weight is 942 g/mol. The molecule has 3 heterocycles. The van der Waals surface area contributed by atoms with Gasteiger partial charge in [0.05, 0.1) is 46.8 Å². The van der Waals surface area contributed by atoms with Gasteiger partial charge in [-0.3, -0.25) is 0 Å². The second kappa shape index (κ2) is 23.4. The van der Waals surface area contributed by atoms with Crippen molar-refractivity contribution in [1.82, 2.24) is 4.90 Å². The Morgan fingerprint density at radius 3 is 1.43 bits per heavy atom. The molecule has 2 saturated heterocycles. The number of aliphatic hydroxyl groups is 4. The van der Waals surface area contributed by atoms with Gasteiger partial charge in [-0.15, -0.1) is 0 Å². The summed E-state index contributed by atoms with van der Waals surface area (Å²) in [6, 6.07) is 51.3. The number of rotatable bonds is 20. The third kappa shape index (κ3) is 11.6. The van der Waals surface area contributed by atoms with Crippen molar-refractivity contribution >= 4 is 0 Å². The summed E-state index contributed by atoms with van der Waals surface area (Å²) in [5.74, 6) is 1.03. The molecule has 4 N–H and O–H groups in total. The smallest absolute Gasteiger partial charge is 0.218 e. The molecule has 0 spiro atoms. The number of methoxy groups -OCH3 is 1. The first-order valence-electron chi connectivity index (χ1n) is 23.2. The molecule has 0 amide bonds. The summed E-state index contributed by atoms with van der Waals surface area (Å²) in [5.41, 5.74) is 4.46. The fourth-order valence-electron chi connectivity index (χ4n) is 9.20. The standard InChI is InChI=1S/C55H59NO13/c1-61-40-26-28-41(29-27-40)66-54-46(56-52(59)42-24-14-15-25-43(42)53(56)60)50(64-33-38-20-10-4-11-21-38)49(45(68-54)35-62-31-36-16-6-2-7-17-36)69-55-51(65-34-39-22-12-5-13-23-39)47(58)48(44(30-57)67-55)63-32-37-18-8-3-9-19-37/h2-29,44-55,57-60H,30-35H2,1H3/t44-,45-,46-,47+,48-,49-,50-,51+,52?,53?,54-,55+/m1/s1. The predicted molar refractivity (Wildman–Crippen MR) is 252 cm³/mol. The zero-order chi connectivity index (χ0) is 47.5. The largest absolute Gasteiger partial charge is 0.497 e. The summed E-state index contributed by atoms with van der Waals surface area (Å²) < 4.78 is 59.4. The molecule has 0 radical (unpaired) electrons. The lowest BCUT2D eigenvalue weighted by atomic mass is 9.93. The van der Waals surface area contributed by atoms with Gasteiger partial charge in [0.1, 0.15) is 72.7 Å². The van der Waals surface area contributed by atoms with Gasteiger partial charge in [0.2, 0.25) is 6.29 Å². The van der Waals surface area contributed by atoms with E-state index in [2.05, 4.69) is 0 Å². The van der Waals surface area contributed by atoms with Crippen molar-refractivity contribution in [2.24, 2.45) is 0 Å². The highest BCUT2D eigenvalue weighted by atomic mass is 16.8. The first-order chi connectivity index (χ1) is 33.9. The molecule has 14 nitrogen and oxygen atoms in total. The van der Waals surface area contributed by atoms with Crippen LogP contribution < -0.4 is 9.47 Å². The topological polar surface area (TPSA) is 167 Å². The molecule has 2 unspecified atom stereocenters. The van der Waals surface area contributed by atoms with Gasteiger partial charge in [-0.05, 0) is 46.5 Å². The Kier molecular flexibility index (Phi) is 16.4. The SMILES string of the molecule is COc1ccc(O[C@@H]2O[C@H](COCc3ccccc3)[C@@H](O[C@@H]3O[C@H](CO)[C@@H](OCc4ccccc4)[C@H](O)[C@@H]3OCc3ccccc3)[C@H](OCc3ccccc3)[C@H]2N2C(O)c3ccccc3C2O)cc1. The summed E-state index contributed by atoms with van der Waals surface area (Å²) in [5, 5.41) is 47.7. The second-order valence-corrected chi connectivity index (χ2v) is 17.3. The highest BCUT2D eigenvalue weighted by Crippen LogP contribution is 2.46. The van der Waals surface area contributed by atoms with Crippen LogP contribution in [0.2, 0.25) is 0 Å². The first-order valence-corrected chi connectivity index (χ1v) is 23.2. The molecule has 69 heavy (non-hydrogen) atoms. The van der Waals surface area contributed by atoms with Crippen LogP contribution in [0.15, 0.2) is 170 Å². The van der Waals surface area contributed by atoms with Crippen molar-refractivity contribution in [3.05, 3.63) is 203 Å². The maximum Gasteiger partial charge on any atom is 0.218 e. The van der Waals surface area contributed by atoms with Gasteiger partial charge in [-0.1, -0.05) is 146 Å². The molecule has 0 saturated carbocycles. The quantitative estimate of drug-likeness (QED) is 0.0647. The zero-order valence-corrected chi connectivity index (χ0v) is 38.2. The molecule has 6 aromatic carbocycles. The van der Waals surface area contributed by atoms with Crippen molar-refractivity contribution in [2.45, 2.75) is 100 Å². The number of nitrogens with zero attached hydrogens (tertiary/aromatic N) is 1. The zero-order valence-electron chi connectivity index (χ0n) is 38.2. The van der Waals surface area contributed by atoms with Crippen LogP contribution in [0.5, 0.6) is 11.5 Å². The monoisotopic (exact) mass is 941 g/mol. The third-order valence-electron chi connectivity index (χ3n) is 12.7. The number of fused-ring (bicyclic) bond motifs is 1. The highest BCUT2D eigenvalue weighted by Gasteiger charge is 2.58. The van der Waals surface area contributed by atoms with Gasteiger partial charge < -0.3 is 63.1 Å². The number of benzene rings is 6. The molecule has 9 rings (SSSR count). The molecule has 0 aliphatic carbocycles. The van der Waals surface area contributed by atoms with E-state index in [1.165, 1.54) is 4.90 Å². The highest BCUT2D eigenvalue weighted by molar-refractivity contribution is 5.36. The van der Waals surface area contributed by atoms with E-state index in [9.17, 15) is 20.4 Å². The Balaban J connectivity index is 1.12. The Morgan fingerprint density at radius 1 is 0.478 bits per heavy atom. The molecule has 6 aromatic rings. The molecular formula is C55H59NO13. The lowest BCUT2D eigenvalue weighted by Gasteiger charge is -2.52. The molecular weight excluding hydrogens is 883 g/mol. The fourth-order valence-corrected chi connectivity index (χ4v) is 9.20. The van der Waals surface area contributed by atoms with Gasteiger partial charge in [0.15, 0.2) is 6.29 Å². The van der Waals surface area contributed by atoms with Crippen molar-refractivity contribution in [2.75, 3.05) is 20.3 Å². The van der Waals surface area contributed by atoms with E-state index in [0.29, 0.717) is 22.6 Å². The van der Waals surface area contributed by atoms with E-state index < -0.39 is 80.4 Å². The third-order valence-corrected chi connectivity index (χ3v) is 12.7. The van der Waals surface area contributed by atoms with E-state index in [-0.39, 0.29) is 33.0 Å². The summed E-state index contributed by atoms with van der Waals surface area (Å²) in [6.07, 6.45) is -13.1. The van der Waals surface area contributed by atoms with Gasteiger partial charge in [0.25, 0.3) is 0 Å². The first kappa shape index (κ1) is 48.5. The van der Waals surface area contributed by atoms with E-state index in [4.69, 9.17) is 42.6 Å². The van der Waals surface area contributed by atoms with Crippen LogP contribution in [0.4, 0.5) is 0 Å². The normalized spacial score (nSPS) is 28.0. The fraction of sp³-hybridized carbons (Fsp3) is 0.345. The number of ether oxygens (including phenoxy) is 9. The maximum atomic E-state index is 12.4. The maximum absolute atomic E-state index is 12.4. The van der Waals surface area contributed by atoms with Crippen molar-refractivity contribution in [1.29, 1.82) is 0 Å². The van der Waals surface area contributed by atoms with Gasteiger partial charge in [-0.25, -0.2) is 4.90 Å².